The van der Waals surface area contributed by atoms with E-state index in [2.05, 4.69) is 47.6 Å². The Bertz CT molecular complexity index is 554. The van der Waals surface area contributed by atoms with Crippen LogP contribution in [0.5, 0.6) is 0 Å². The topological polar surface area (TPSA) is 15.6 Å². The summed E-state index contributed by atoms with van der Waals surface area (Å²) < 4.78 is 0. The predicted octanol–water partition coefficient (Wildman–Crippen LogP) is 3.66. The first-order valence-corrected chi connectivity index (χ1v) is 9.03. The van der Waals surface area contributed by atoms with E-state index in [-0.39, 0.29) is 0 Å². The zero-order chi connectivity index (χ0) is 13.7. The second kappa shape index (κ2) is 4.88. The molecule has 1 aromatic carbocycles. The summed E-state index contributed by atoms with van der Waals surface area (Å²) in [5.41, 5.74) is 4.38. The second-order valence-corrected chi connectivity index (χ2v) is 7.48. The van der Waals surface area contributed by atoms with Crippen molar-refractivity contribution < 1.29 is 0 Å². The molecule has 0 saturated carbocycles. The number of nitrogens with zero attached hydrogens (tertiary/aromatic N) is 2. The lowest BCUT2D eigenvalue weighted by Crippen LogP contribution is -2.48. The molecule has 0 radical (unpaired) electrons. The minimum absolute atomic E-state index is 0.571. The maximum atomic E-state index is 4.64. The van der Waals surface area contributed by atoms with Crippen molar-refractivity contribution in [3.05, 3.63) is 29.3 Å². The molecule has 0 N–H and O–H groups in total. The van der Waals surface area contributed by atoms with E-state index in [1.54, 1.807) is 11.1 Å². The van der Waals surface area contributed by atoms with Crippen molar-refractivity contribution in [3.63, 3.8) is 0 Å². The first kappa shape index (κ1) is 12.9. The molecule has 106 valence electrons. The van der Waals surface area contributed by atoms with Crippen molar-refractivity contribution in [3.8, 4) is 0 Å². The van der Waals surface area contributed by atoms with Crippen molar-refractivity contribution in [1.29, 1.82) is 0 Å². The first-order chi connectivity index (χ1) is 9.78. The largest absolute Gasteiger partial charge is 0.302 e. The fourth-order valence-electron chi connectivity index (χ4n) is 4.57. The van der Waals surface area contributed by atoms with E-state index in [1.165, 1.54) is 30.8 Å². The highest BCUT2D eigenvalue weighted by atomic mass is 32.2. The van der Waals surface area contributed by atoms with E-state index >= 15 is 0 Å². The number of hydrogen-bond donors (Lipinski definition) is 0. The molecule has 20 heavy (non-hydrogen) atoms. The molecular formula is C17H22N2S. The van der Waals surface area contributed by atoms with Gasteiger partial charge in [0.05, 0.1) is 5.69 Å². The summed E-state index contributed by atoms with van der Waals surface area (Å²) in [7, 11) is 2.32. The van der Waals surface area contributed by atoms with Crippen molar-refractivity contribution >= 4 is 23.7 Å². The lowest BCUT2D eigenvalue weighted by molar-refractivity contribution is 0.108. The summed E-state index contributed by atoms with van der Waals surface area (Å²) >= 11 is 2.00. The van der Waals surface area contributed by atoms with Gasteiger partial charge in [0.2, 0.25) is 0 Å². The molecule has 4 atom stereocenters. The van der Waals surface area contributed by atoms with Gasteiger partial charge >= 0.3 is 0 Å². The van der Waals surface area contributed by atoms with Crippen molar-refractivity contribution in [2.24, 2.45) is 10.9 Å². The number of aliphatic imine (C=N–C) groups is 1. The molecule has 1 aliphatic carbocycles. The number of likely N-dealkylation sites (N-methyl/N-ethyl adjacent to an activating group) is 1. The van der Waals surface area contributed by atoms with Gasteiger partial charge in [0.1, 0.15) is 0 Å². The van der Waals surface area contributed by atoms with E-state index in [1.807, 2.05) is 11.8 Å². The Morgan fingerprint density at radius 3 is 3.10 bits per heavy atom. The quantitative estimate of drug-likeness (QED) is 0.824. The van der Waals surface area contributed by atoms with Crippen molar-refractivity contribution in [2.45, 2.75) is 30.7 Å². The van der Waals surface area contributed by atoms with E-state index in [9.17, 15) is 0 Å². The Balaban J connectivity index is 1.73. The molecule has 0 spiro atoms. The number of piperidine rings is 1. The minimum atomic E-state index is 0.571. The Kier molecular flexibility index (Phi) is 3.15. The lowest BCUT2D eigenvalue weighted by atomic mass is 9.69. The molecule has 3 aliphatic rings. The number of likely N-dealkylation sites (tertiary alicyclic amines) is 1. The van der Waals surface area contributed by atoms with Crippen LogP contribution in [0.25, 0.3) is 0 Å². The molecule has 1 aromatic rings. The highest BCUT2D eigenvalue weighted by Gasteiger charge is 2.42. The van der Waals surface area contributed by atoms with E-state index in [0.29, 0.717) is 12.0 Å². The van der Waals surface area contributed by atoms with Crippen LogP contribution in [-0.4, -0.2) is 42.8 Å². The van der Waals surface area contributed by atoms with Crippen LogP contribution in [0.3, 0.4) is 0 Å². The zero-order valence-electron chi connectivity index (χ0n) is 12.2. The summed E-state index contributed by atoms with van der Waals surface area (Å²) in [4.78, 5) is 7.26. The van der Waals surface area contributed by atoms with Gasteiger partial charge in [-0.3, -0.25) is 4.99 Å². The molecule has 4 unspecified atom stereocenters. The molecule has 3 heteroatoms. The Morgan fingerprint density at radius 1 is 1.35 bits per heavy atom. The van der Waals surface area contributed by atoms with E-state index in [0.717, 1.165) is 11.8 Å². The monoisotopic (exact) mass is 286 g/mol. The summed E-state index contributed by atoms with van der Waals surface area (Å²) in [6.07, 6.45) is 7.04. The standard InChI is InChI=1S/C17H22N2S/c1-19-9-11(10-20-2)6-14-13-4-3-5-15-17(13)12(8-18-15)7-16(14)19/h3-5,8,11-12,14,16H,6-7,9-10H2,1-2H3. The predicted molar refractivity (Wildman–Crippen MR) is 87.6 cm³/mol. The molecular weight excluding hydrogens is 264 g/mol. The van der Waals surface area contributed by atoms with Gasteiger partial charge in [-0.15, -0.1) is 0 Å². The van der Waals surface area contributed by atoms with Gasteiger partial charge in [-0.2, -0.15) is 11.8 Å². The van der Waals surface area contributed by atoms with Gasteiger partial charge in [0.15, 0.2) is 0 Å². The maximum absolute atomic E-state index is 4.64. The summed E-state index contributed by atoms with van der Waals surface area (Å²) in [6.45, 7) is 1.26. The fraction of sp³-hybridized carbons (Fsp3) is 0.588. The third kappa shape index (κ3) is 1.86. The van der Waals surface area contributed by atoms with Crippen LogP contribution in [0.4, 0.5) is 5.69 Å². The lowest BCUT2D eigenvalue weighted by Gasteiger charge is -2.47. The Hall–Kier alpha value is -0.800. The number of fused-ring (bicyclic) bond motifs is 2. The number of hydrogen-bond acceptors (Lipinski definition) is 3. The molecule has 1 fully saturated rings. The average Bonchev–Trinajstić information content (AvgIpc) is 2.86. The van der Waals surface area contributed by atoms with Gasteiger partial charge < -0.3 is 4.90 Å². The maximum Gasteiger partial charge on any atom is 0.0667 e. The molecule has 2 nitrogen and oxygen atoms in total. The Labute approximate surface area is 125 Å². The summed E-state index contributed by atoms with van der Waals surface area (Å²) in [5, 5.41) is 0. The molecule has 4 rings (SSSR count). The zero-order valence-corrected chi connectivity index (χ0v) is 13.1. The van der Waals surface area contributed by atoms with Gasteiger partial charge in [-0.1, -0.05) is 12.1 Å². The number of benzene rings is 1. The molecule has 2 heterocycles. The van der Waals surface area contributed by atoms with Crippen molar-refractivity contribution in [2.75, 3.05) is 25.6 Å². The van der Waals surface area contributed by atoms with Crippen LogP contribution >= 0.6 is 11.8 Å². The number of thioether (sulfide) groups is 1. The van der Waals surface area contributed by atoms with E-state index < -0.39 is 0 Å². The van der Waals surface area contributed by atoms with Crippen LogP contribution in [-0.2, 0) is 0 Å². The average molecular weight is 286 g/mol. The SMILES string of the molecule is CSCC1CC2c3cccc4c3C(C=N4)CC2N(C)C1. The first-order valence-electron chi connectivity index (χ1n) is 7.64. The molecule has 2 aliphatic heterocycles. The third-order valence-electron chi connectivity index (χ3n) is 5.34. The van der Waals surface area contributed by atoms with Crippen LogP contribution in [0.15, 0.2) is 23.2 Å². The minimum Gasteiger partial charge on any atom is -0.302 e. The van der Waals surface area contributed by atoms with Crippen LogP contribution in [0.1, 0.15) is 35.8 Å². The van der Waals surface area contributed by atoms with Gasteiger partial charge in [0, 0.05) is 30.6 Å². The smallest absolute Gasteiger partial charge is 0.0667 e. The molecule has 0 bridgehead atoms. The second-order valence-electron chi connectivity index (χ2n) is 6.57. The fourth-order valence-corrected chi connectivity index (χ4v) is 5.28. The van der Waals surface area contributed by atoms with Crippen molar-refractivity contribution in [1.82, 2.24) is 4.90 Å². The van der Waals surface area contributed by atoms with E-state index in [4.69, 9.17) is 0 Å². The van der Waals surface area contributed by atoms with Crippen LogP contribution in [0.2, 0.25) is 0 Å². The van der Waals surface area contributed by atoms with Crippen LogP contribution in [0, 0.1) is 5.92 Å². The Morgan fingerprint density at radius 2 is 2.25 bits per heavy atom. The normalized spacial score (nSPS) is 34.9. The van der Waals surface area contributed by atoms with Gasteiger partial charge in [-0.25, -0.2) is 0 Å². The summed E-state index contributed by atoms with van der Waals surface area (Å²) in [5.74, 6) is 3.43. The molecule has 0 aromatic heterocycles. The van der Waals surface area contributed by atoms with Gasteiger partial charge in [-0.05, 0) is 55.0 Å². The van der Waals surface area contributed by atoms with Crippen LogP contribution < -0.4 is 0 Å². The molecule has 1 saturated heterocycles. The number of rotatable bonds is 2. The highest BCUT2D eigenvalue weighted by Crippen LogP contribution is 2.50. The highest BCUT2D eigenvalue weighted by molar-refractivity contribution is 7.98. The summed E-state index contributed by atoms with van der Waals surface area (Å²) in [6, 6.07) is 7.47. The molecule has 0 amide bonds. The third-order valence-corrected chi connectivity index (χ3v) is 6.15. The van der Waals surface area contributed by atoms with Gasteiger partial charge in [0.25, 0.3) is 0 Å².